The Kier molecular flexibility index (Phi) is 4.66. The predicted molar refractivity (Wildman–Crippen MR) is 66.8 cm³/mol. The van der Waals surface area contributed by atoms with Crippen molar-refractivity contribution in [2.45, 2.75) is 24.8 Å². The first kappa shape index (κ1) is 14.9. The number of benzene rings is 1. The second-order valence-electron chi connectivity index (χ2n) is 4.34. The van der Waals surface area contributed by atoms with Crippen molar-refractivity contribution >= 4 is 15.7 Å². The zero-order valence-corrected chi connectivity index (χ0v) is 11.0. The lowest BCUT2D eigenvalue weighted by molar-refractivity contribution is 0.227. The predicted octanol–water partition coefficient (Wildman–Crippen LogP) is 0.703. The fourth-order valence-corrected chi connectivity index (χ4v) is 2.75. The summed E-state index contributed by atoms with van der Waals surface area (Å²) in [6.07, 6.45) is 0. The summed E-state index contributed by atoms with van der Waals surface area (Å²) >= 11 is 0. The van der Waals surface area contributed by atoms with E-state index in [1.807, 2.05) is 0 Å². The van der Waals surface area contributed by atoms with Crippen molar-refractivity contribution in [3.8, 4) is 0 Å². The maximum atomic E-state index is 13.0. The third-order valence-corrected chi connectivity index (χ3v) is 4.07. The third kappa shape index (κ3) is 3.41. The number of anilines is 1. The Labute approximate surface area is 106 Å². The van der Waals surface area contributed by atoms with Crippen LogP contribution in [0.3, 0.4) is 0 Å². The highest BCUT2D eigenvalue weighted by atomic mass is 32.2. The number of aliphatic hydroxyl groups excluding tert-OH is 1. The molecule has 18 heavy (non-hydrogen) atoms. The first-order valence-electron chi connectivity index (χ1n) is 5.46. The fourth-order valence-electron chi connectivity index (χ4n) is 1.34. The largest absolute Gasteiger partial charge is 0.396 e. The van der Waals surface area contributed by atoms with Crippen molar-refractivity contribution in [1.29, 1.82) is 0 Å². The van der Waals surface area contributed by atoms with Crippen LogP contribution in [0.5, 0.6) is 0 Å². The molecule has 0 aliphatic heterocycles. The first-order valence-corrected chi connectivity index (χ1v) is 6.94. The highest BCUT2D eigenvalue weighted by molar-refractivity contribution is 7.89. The van der Waals surface area contributed by atoms with Gasteiger partial charge in [0.05, 0.1) is 17.2 Å². The van der Waals surface area contributed by atoms with Gasteiger partial charge < -0.3 is 10.8 Å². The van der Waals surface area contributed by atoms with Gasteiger partial charge in [0, 0.05) is 6.04 Å². The lowest BCUT2D eigenvalue weighted by atomic mass is 10.1. The Bertz CT molecular complexity index is 517. The maximum Gasteiger partial charge on any atom is 0.240 e. The molecule has 0 heterocycles. The maximum absolute atomic E-state index is 13.0. The minimum absolute atomic E-state index is 0.0671. The monoisotopic (exact) mass is 276 g/mol. The molecule has 1 atom stereocenters. The van der Waals surface area contributed by atoms with Crippen LogP contribution in [-0.2, 0) is 10.0 Å². The summed E-state index contributed by atoms with van der Waals surface area (Å²) in [5, 5.41) is 9.09. The molecule has 0 aliphatic rings. The normalized spacial score (nSPS) is 13.8. The van der Waals surface area contributed by atoms with E-state index in [0.717, 1.165) is 18.2 Å². The topological polar surface area (TPSA) is 92.4 Å². The summed E-state index contributed by atoms with van der Waals surface area (Å²) in [5.41, 5.74) is 5.09. The summed E-state index contributed by atoms with van der Waals surface area (Å²) < 4.78 is 39.3. The van der Waals surface area contributed by atoms with Gasteiger partial charge in [-0.3, -0.25) is 0 Å². The van der Waals surface area contributed by atoms with Crippen molar-refractivity contribution in [3.05, 3.63) is 24.0 Å². The number of hydrogen-bond acceptors (Lipinski definition) is 4. The molecule has 7 heteroatoms. The molecule has 4 N–H and O–H groups in total. The van der Waals surface area contributed by atoms with Gasteiger partial charge in [-0.2, -0.15) is 0 Å². The highest BCUT2D eigenvalue weighted by Gasteiger charge is 2.22. The summed E-state index contributed by atoms with van der Waals surface area (Å²) in [5.74, 6) is -0.737. The second-order valence-corrected chi connectivity index (χ2v) is 6.05. The van der Waals surface area contributed by atoms with Crippen molar-refractivity contribution < 1.29 is 17.9 Å². The molecule has 5 nitrogen and oxygen atoms in total. The molecule has 102 valence electrons. The Morgan fingerprint density at radius 2 is 2.06 bits per heavy atom. The summed E-state index contributed by atoms with van der Waals surface area (Å²) in [4.78, 5) is -0.125. The van der Waals surface area contributed by atoms with Crippen molar-refractivity contribution in [3.63, 3.8) is 0 Å². The number of sulfonamides is 1. The van der Waals surface area contributed by atoms with E-state index in [4.69, 9.17) is 10.8 Å². The molecule has 0 amide bonds. The van der Waals surface area contributed by atoms with E-state index in [-0.39, 0.29) is 23.1 Å². The Morgan fingerprint density at radius 3 is 2.50 bits per heavy atom. The number of nitrogen functional groups attached to an aromatic ring is 1. The van der Waals surface area contributed by atoms with Crippen LogP contribution in [0.15, 0.2) is 23.1 Å². The van der Waals surface area contributed by atoms with Gasteiger partial charge >= 0.3 is 0 Å². The van der Waals surface area contributed by atoms with Crippen LogP contribution in [0, 0.1) is 11.7 Å². The lowest BCUT2D eigenvalue weighted by Crippen LogP contribution is -2.41. The number of halogens is 1. The molecule has 1 unspecified atom stereocenters. The SMILES string of the molecule is CC(C)C(CO)NS(=O)(=O)c1ccc(F)c(N)c1. The molecule has 1 aromatic rings. The molecule has 0 radical (unpaired) electrons. The molecule has 0 saturated heterocycles. The van der Waals surface area contributed by atoms with Crippen LogP contribution in [0.1, 0.15) is 13.8 Å². The van der Waals surface area contributed by atoms with Crippen LogP contribution in [0.4, 0.5) is 10.1 Å². The highest BCUT2D eigenvalue weighted by Crippen LogP contribution is 2.17. The summed E-state index contributed by atoms with van der Waals surface area (Å²) in [6, 6.07) is 2.57. The van der Waals surface area contributed by atoms with E-state index in [9.17, 15) is 12.8 Å². The first-order chi connectivity index (χ1) is 8.27. The Hall–Kier alpha value is -1.18. The van der Waals surface area contributed by atoms with Gasteiger partial charge in [0.25, 0.3) is 0 Å². The lowest BCUT2D eigenvalue weighted by Gasteiger charge is -2.19. The van der Waals surface area contributed by atoms with E-state index >= 15 is 0 Å². The van der Waals surface area contributed by atoms with Gasteiger partial charge in [0.1, 0.15) is 5.82 Å². The molecule has 1 rings (SSSR count). The molecule has 0 aliphatic carbocycles. The Morgan fingerprint density at radius 1 is 1.44 bits per heavy atom. The standard InChI is InChI=1S/C11H17FN2O3S/c1-7(2)11(6-15)14-18(16,17)8-3-4-9(12)10(13)5-8/h3-5,7,11,14-15H,6,13H2,1-2H3. The molecule has 0 bridgehead atoms. The van der Waals surface area contributed by atoms with Crippen LogP contribution in [0.2, 0.25) is 0 Å². The molecule has 0 spiro atoms. The zero-order valence-electron chi connectivity index (χ0n) is 10.2. The number of nitrogens with two attached hydrogens (primary N) is 1. The number of nitrogens with one attached hydrogen (secondary N) is 1. The number of rotatable bonds is 5. The van der Waals surface area contributed by atoms with E-state index in [2.05, 4.69) is 4.72 Å². The van der Waals surface area contributed by atoms with Crippen LogP contribution in [-0.4, -0.2) is 26.2 Å². The minimum atomic E-state index is -3.81. The van der Waals surface area contributed by atoms with Gasteiger partial charge in [0.15, 0.2) is 0 Å². The smallest absolute Gasteiger partial charge is 0.240 e. The molecule has 0 fully saturated rings. The quantitative estimate of drug-likeness (QED) is 0.690. The van der Waals surface area contributed by atoms with E-state index in [1.54, 1.807) is 13.8 Å². The average molecular weight is 276 g/mol. The number of hydrogen-bond donors (Lipinski definition) is 3. The van der Waals surface area contributed by atoms with Gasteiger partial charge in [0.2, 0.25) is 10.0 Å². The van der Waals surface area contributed by atoms with Gasteiger partial charge in [-0.1, -0.05) is 13.8 Å². The minimum Gasteiger partial charge on any atom is -0.396 e. The van der Waals surface area contributed by atoms with E-state index < -0.39 is 21.9 Å². The summed E-state index contributed by atoms with van der Waals surface area (Å²) in [7, 11) is -3.81. The molecule has 1 aromatic carbocycles. The van der Waals surface area contributed by atoms with Crippen LogP contribution in [0.25, 0.3) is 0 Å². The van der Waals surface area contributed by atoms with Gasteiger partial charge in [-0.15, -0.1) is 0 Å². The van der Waals surface area contributed by atoms with Gasteiger partial charge in [-0.05, 0) is 24.1 Å². The Balaban J connectivity index is 3.02. The van der Waals surface area contributed by atoms with Crippen LogP contribution < -0.4 is 10.5 Å². The zero-order chi connectivity index (χ0) is 13.9. The molecule has 0 aromatic heterocycles. The van der Waals surface area contributed by atoms with E-state index in [1.165, 1.54) is 0 Å². The van der Waals surface area contributed by atoms with Crippen molar-refractivity contribution in [1.82, 2.24) is 4.72 Å². The van der Waals surface area contributed by atoms with Gasteiger partial charge in [-0.25, -0.2) is 17.5 Å². The molecular weight excluding hydrogens is 259 g/mol. The van der Waals surface area contributed by atoms with E-state index in [0.29, 0.717) is 0 Å². The molecular formula is C11H17FN2O3S. The van der Waals surface area contributed by atoms with Crippen molar-refractivity contribution in [2.24, 2.45) is 5.92 Å². The molecule has 0 saturated carbocycles. The average Bonchev–Trinajstić information content (AvgIpc) is 2.29. The third-order valence-electron chi connectivity index (χ3n) is 2.59. The van der Waals surface area contributed by atoms with Crippen LogP contribution >= 0.6 is 0 Å². The second kappa shape index (κ2) is 5.64. The number of aliphatic hydroxyl groups is 1. The fraction of sp³-hybridized carbons (Fsp3) is 0.455. The summed E-state index contributed by atoms with van der Waals surface area (Å²) in [6.45, 7) is 3.25. The van der Waals surface area contributed by atoms with Crippen molar-refractivity contribution in [2.75, 3.05) is 12.3 Å².